The van der Waals surface area contributed by atoms with Gasteiger partial charge in [0.25, 0.3) is 0 Å². The third-order valence-corrected chi connectivity index (χ3v) is 5.92. The summed E-state index contributed by atoms with van der Waals surface area (Å²) in [6.45, 7) is 0. The zero-order valence-corrected chi connectivity index (χ0v) is 19.0. The van der Waals surface area contributed by atoms with Gasteiger partial charge in [-0.3, -0.25) is 9.59 Å². The van der Waals surface area contributed by atoms with Crippen molar-refractivity contribution in [3.63, 3.8) is 0 Å². The number of carbonyl (C=O) groups excluding carboxylic acids is 2. The molecule has 0 aliphatic heterocycles. The Labute approximate surface area is 204 Å². The summed E-state index contributed by atoms with van der Waals surface area (Å²) in [6, 6.07) is 14.3. The van der Waals surface area contributed by atoms with E-state index in [0.29, 0.717) is 35.2 Å². The number of anilines is 2. The number of rotatable bonds is 7. The molecule has 1 fully saturated rings. The first-order valence-electron chi connectivity index (χ1n) is 11.0. The second-order valence-electron chi connectivity index (χ2n) is 8.31. The van der Waals surface area contributed by atoms with E-state index in [0.717, 1.165) is 6.07 Å². The first kappa shape index (κ1) is 23.2. The standard InChI is InChI=1S/C26H20F2N4O4/c1-35-18-7-8-21-19(13-18)23(30-14-29-21)36-22-9-6-17(12-20(22)28)32-25(34)26(10-11-26)24(33)31-16-4-2-15(27)3-5-16/h2-9,12-14H,10-11H2,1H3,(H,31,33)(H,32,34). The summed E-state index contributed by atoms with van der Waals surface area (Å²) in [4.78, 5) is 33.8. The molecule has 5 rings (SSSR count). The number of benzene rings is 3. The van der Waals surface area contributed by atoms with E-state index in [1.54, 1.807) is 18.2 Å². The number of aromatic nitrogens is 2. The van der Waals surface area contributed by atoms with Crippen LogP contribution in [0.3, 0.4) is 0 Å². The minimum Gasteiger partial charge on any atom is -0.497 e. The van der Waals surface area contributed by atoms with E-state index in [1.165, 1.54) is 49.8 Å². The molecular weight excluding hydrogens is 470 g/mol. The molecule has 3 aromatic carbocycles. The summed E-state index contributed by atoms with van der Waals surface area (Å²) < 4.78 is 38.9. The van der Waals surface area contributed by atoms with Crippen LogP contribution in [0.15, 0.2) is 67.0 Å². The third-order valence-electron chi connectivity index (χ3n) is 5.92. The Balaban J connectivity index is 1.29. The van der Waals surface area contributed by atoms with Crippen molar-refractivity contribution in [3.05, 3.63) is 78.6 Å². The molecule has 10 heteroatoms. The van der Waals surface area contributed by atoms with Crippen LogP contribution in [-0.2, 0) is 9.59 Å². The first-order valence-corrected chi connectivity index (χ1v) is 11.0. The Kier molecular flexibility index (Phi) is 5.93. The van der Waals surface area contributed by atoms with Crippen LogP contribution in [0.2, 0.25) is 0 Å². The molecule has 1 aliphatic rings. The lowest BCUT2D eigenvalue weighted by Crippen LogP contribution is -2.35. The van der Waals surface area contributed by atoms with Crippen molar-refractivity contribution in [2.45, 2.75) is 12.8 Å². The molecule has 1 saturated carbocycles. The lowest BCUT2D eigenvalue weighted by molar-refractivity contribution is -0.131. The SMILES string of the molecule is COc1ccc2ncnc(Oc3ccc(NC(=O)C4(C(=O)Nc5ccc(F)cc5)CC4)cc3F)c2c1. The van der Waals surface area contributed by atoms with Crippen LogP contribution in [0.25, 0.3) is 10.9 Å². The van der Waals surface area contributed by atoms with Gasteiger partial charge in [-0.15, -0.1) is 0 Å². The van der Waals surface area contributed by atoms with Gasteiger partial charge < -0.3 is 20.1 Å². The molecule has 182 valence electrons. The zero-order valence-electron chi connectivity index (χ0n) is 19.0. The number of fused-ring (bicyclic) bond motifs is 1. The predicted molar refractivity (Wildman–Crippen MR) is 128 cm³/mol. The fraction of sp³-hybridized carbons (Fsp3) is 0.154. The van der Waals surface area contributed by atoms with E-state index in [9.17, 15) is 18.4 Å². The summed E-state index contributed by atoms with van der Waals surface area (Å²) in [5.74, 6) is -1.62. The van der Waals surface area contributed by atoms with E-state index in [4.69, 9.17) is 9.47 Å². The highest BCUT2D eigenvalue weighted by molar-refractivity contribution is 6.16. The molecule has 4 aromatic rings. The zero-order chi connectivity index (χ0) is 25.3. The normalized spacial score (nSPS) is 13.6. The highest BCUT2D eigenvalue weighted by atomic mass is 19.1. The Morgan fingerprint density at radius 3 is 2.25 bits per heavy atom. The van der Waals surface area contributed by atoms with Gasteiger partial charge in [-0.05, 0) is 67.4 Å². The van der Waals surface area contributed by atoms with Crippen LogP contribution in [0.4, 0.5) is 20.2 Å². The van der Waals surface area contributed by atoms with Gasteiger partial charge in [-0.25, -0.2) is 18.7 Å². The maximum atomic E-state index is 14.9. The van der Waals surface area contributed by atoms with Gasteiger partial charge in [0.15, 0.2) is 11.6 Å². The number of nitrogens with one attached hydrogen (secondary N) is 2. The van der Waals surface area contributed by atoms with Gasteiger partial charge >= 0.3 is 0 Å². The number of hydrogen-bond donors (Lipinski definition) is 2. The number of methoxy groups -OCH3 is 1. The van der Waals surface area contributed by atoms with Gasteiger partial charge in [0, 0.05) is 17.4 Å². The Morgan fingerprint density at radius 2 is 1.58 bits per heavy atom. The van der Waals surface area contributed by atoms with Crippen LogP contribution in [0, 0.1) is 17.0 Å². The third kappa shape index (κ3) is 4.52. The molecule has 2 N–H and O–H groups in total. The number of hydrogen-bond acceptors (Lipinski definition) is 6. The molecule has 0 saturated heterocycles. The van der Waals surface area contributed by atoms with E-state index in [2.05, 4.69) is 20.6 Å². The molecule has 8 nitrogen and oxygen atoms in total. The summed E-state index contributed by atoms with van der Waals surface area (Å²) >= 11 is 0. The van der Waals surface area contributed by atoms with Gasteiger partial charge in [0.2, 0.25) is 17.7 Å². The average molecular weight is 490 g/mol. The maximum absolute atomic E-state index is 14.9. The molecule has 1 heterocycles. The minimum absolute atomic E-state index is 0.106. The van der Waals surface area contributed by atoms with Gasteiger partial charge in [0.05, 0.1) is 18.0 Å². The highest BCUT2D eigenvalue weighted by Crippen LogP contribution is 2.47. The van der Waals surface area contributed by atoms with Gasteiger partial charge in [-0.1, -0.05) is 0 Å². The van der Waals surface area contributed by atoms with E-state index < -0.39 is 28.9 Å². The van der Waals surface area contributed by atoms with Crippen molar-refractivity contribution in [3.8, 4) is 17.4 Å². The fourth-order valence-electron chi connectivity index (χ4n) is 3.70. The summed E-state index contributed by atoms with van der Waals surface area (Å²) in [7, 11) is 1.52. The Bertz CT molecular complexity index is 1470. The number of amides is 2. The first-order chi connectivity index (χ1) is 17.4. The number of ether oxygens (including phenoxy) is 2. The topological polar surface area (TPSA) is 102 Å². The molecule has 1 aromatic heterocycles. The van der Waals surface area contributed by atoms with E-state index in [-0.39, 0.29) is 17.3 Å². The highest BCUT2D eigenvalue weighted by Gasteiger charge is 2.56. The molecule has 2 amide bonds. The lowest BCUT2D eigenvalue weighted by Gasteiger charge is -2.16. The van der Waals surface area contributed by atoms with Crippen LogP contribution in [0.1, 0.15) is 12.8 Å². The molecule has 0 bridgehead atoms. The average Bonchev–Trinajstić information content (AvgIpc) is 3.69. The predicted octanol–water partition coefficient (Wildman–Crippen LogP) is 5.07. The number of halogens is 2. The molecule has 36 heavy (non-hydrogen) atoms. The van der Waals surface area contributed by atoms with Crippen LogP contribution >= 0.6 is 0 Å². The van der Waals surface area contributed by atoms with Crippen molar-refractivity contribution in [1.29, 1.82) is 0 Å². The van der Waals surface area contributed by atoms with E-state index >= 15 is 0 Å². The molecule has 0 spiro atoms. The molecule has 1 aliphatic carbocycles. The summed E-state index contributed by atoms with van der Waals surface area (Å²) in [5, 5.41) is 5.77. The number of nitrogens with zero attached hydrogens (tertiary/aromatic N) is 2. The Hall–Kier alpha value is -4.60. The van der Waals surface area contributed by atoms with Crippen molar-refractivity contribution in [1.82, 2.24) is 9.97 Å². The molecule has 0 atom stereocenters. The summed E-state index contributed by atoms with van der Waals surface area (Å²) in [6.07, 6.45) is 2.00. The second-order valence-corrected chi connectivity index (χ2v) is 8.31. The van der Waals surface area contributed by atoms with Crippen molar-refractivity contribution < 1.29 is 27.8 Å². The molecule has 0 unspecified atom stereocenters. The Morgan fingerprint density at radius 1 is 0.889 bits per heavy atom. The smallest absolute Gasteiger partial charge is 0.240 e. The fourth-order valence-corrected chi connectivity index (χ4v) is 3.70. The molecular formula is C26H20F2N4O4. The monoisotopic (exact) mass is 490 g/mol. The van der Waals surface area contributed by atoms with Crippen molar-refractivity contribution >= 4 is 34.1 Å². The molecule has 0 radical (unpaired) electrons. The van der Waals surface area contributed by atoms with Crippen molar-refractivity contribution in [2.75, 3.05) is 17.7 Å². The van der Waals surface area contributed by atoms with E-state index in [1.807, 2.05) is 0 Å². The lowest BCUT2D eigenvalue weighted by atomic mass is 10.0. The minimum atomic E-state index is -1.26. The second kappa shape index (κ2) is 9.21. The van der Waals surface area contributed by atoms with Crippen LogP contribution in [-0.4, -0.2) is 28.9 Å². The number of carbonyl (C=O) groups is 2. The maximum Gasteiger partial charge on any atom is 0.240 e. The van der Waals surface area contributed by atoms with Gasteiger partial charge in [0.1, 0.15) is 23.3 Å². The largest absolute Gasteiger partial charge is 0.497 e. The van der Waals surface area contributed by atoms with Gasteiger partial charge in [-0.2, -0.15) is 0 Å². The van der Waals surface area contributed by atoms with Crippen molar-refractivity contribution in [2.24, 2.45) is 5.41 Å². The summed E-state index contributed by atoms with van der Waals surface area (Å²) in [5.41, 5.74) is -0.125. The quantitative estimate of drug-likeness (QED) is 0.351. The van der Waals surface area contributed by atoms with Crippen LogP contribution in [0.5, 0.6) is 17.4 Å². The van der Waals surface area contributed by atoms with Crippen LogP contribution < -0.4 is 20.1 Å².